The molecule has 5 nitrogen and oxygen atoms in total. The van der Waals surface area contributed by atoms with Crippen LogP contribution in [0, 0.1) is 16.7 Å². The van der Waals surface area contributed by atoms with E-state index < -0.39 is 0 Å². The highest BCUT2D eigenvalue weighted by Crippen LogP contribution is 2.21. The van der Waals surface area contributed by atoms with Crippen LogP contribution >= 0.6 is 0 Å². The third-order valence-corrected chi connectivity index (χ3v) is 3.59. The average Bonchev–Trinajstić information content (AvgIpc) is 2.47. The van der Waals surface area contributed by atoms with E-state index in [1.165, 1.54) is 0 Å². The maximum absolute atomic E-state index is 11.9. The first-order chi connectivity index (χ1) is 9.55. The van der Waals surface area contributed by atoms with E-state index in [0.717, 1.165) is 45.4 Å². The maximum Gasteiger partial charge on any atom is 0.224 e. The van der Waals surface area contributed by atoms with E-state index in [1.54, 1.807) is 0 Å². The molecular weight excluding hydrogens is 254 g/mol. The number of rotatable bonds is 8. The lowest BCUT2D eigenvalue weighted by molar-refractivity contribution is -0.135. The van der Waals surface area contributed by atoms with Crippen molar-refractivity contribution in [3.8, 4) is 6.07 Å². The van der Waals surface area contributed by atoms with Gasteiger partial charge in [0.15, 0.2) is 0 Å². The Balaban J connectivity index is 1.97. The van der Waals surface area contributed by atoms with Gasteiger partial charge in [-0.3, -0.25) is 4.79 Å². The number of nitriles is 1. The Bertz CT molecular complexity index is 331. The second-order valence-corrected chi connectivity index (χ2v) is 5.95. The van der Waals surface area contributed by atoms with Gasteiger partial charge >= 0.3 is 0 Å². The molecule has 1 rings (SSSR count). The zero-order valence-electron chi connectivity index (χ0n) is 12.8. The summed E-state index contributed by atoms with van der Waals surface area (Å²) < 4.78 is 5.22. The summed E-state index contributed by atoms with van der Waals surface area (Å²) >= 11 is 0. The van der Waals surface area contributed by atoms with Crippen molar-refractivity contribution in [2.45, 2.75) is 39.5 Å². The molecule has 1 aliphatic rings. The first kappa shape index (κ1) is 16.9. The molecular formula is C15H27N3O2. The van der Waals surface area contributed by atoms with Crippen LogP contribution in [0.25, 0.3) is 0 Å². The van der Waals surface area contributed by atoms with Crippen molar-refractivity contribution in [3.63, 3.8) is 0 Å². The van der Waals surface area contributed by atoms with Crippen LogP contribution in [-0.4, -0.2) is 50.2 Å². The monoisotopic (exact) mass is 281 g/mol. The number of ether oxygens (including phenoxy) is 1. The molecule has 1 fully saturated rings. The summed E-state index contributed by atoms with van der Waals surface area (Å²) in [7, 11) is 0. The minimum absolute atomic E-state index is 0.214. The topological polar surface area (TPSA) is 65.4 Å². The van der Waals surface area contributed by atoms with Crippen LogP contribution in [0.1, 0.15) is 39.5 Å². The summed E-state index contributed by atoms with van der Waals surface area (Å²) in [5.74, 6) is 0.214. The molecule has 1 aliphatic heterocycles. The summed E-state index contributed by atoms with van der Waals surface area (Å²) in [6.07, 6.45) is 3.59. The van der Waals surface area contributed by atoms with Crippen LogP contribution in [0.4, 0.5) is 0 Å². The van der Waals surface area contributed by atoms with Gasteiger partial charge in [0.2, 0.25) is 5.91 Å². The smallest absolute Gasteiger partial charge is 0.224 e. The number of carbonyl (C=O) groups is 1. The third kappa shape index (κ3) is 6.88. The molecule has 0 unspecified atom stereocenters. The number of unbranched alkanes of at least 4 members (excludes halogenated alkanes) is 1. The van der Waals surface area contributed by atoms with E-state index in [0.29, 0.717) is 19.6 Å². The van der Waals surface area contributed by atoms with E-state index in [9.17, 15) is 4.79 Å². The van der Waals surface area contributed by atoms with Gasteiger partial charge in [-0.25, -0.2) is 0 Å². The molecule has 1 saturated heterocycles. The zero-order chi connectivity index (χ0) is 14.8. The minimum Gasteiger partial charge on any atom is -0.378 e. The van der Waals surface area contributed by atoms with Crippen LogP contribution in [0.15, 0.2) is 0 Å². The molecule has 0 spiro atoms. The molecule has 20 heavy (non-hydrogen) atoms. The minimum atomic E-state index is -0.216. The summed E-state index contributed by atoms with van der Waals surface area (Å²) in [5.41, 5.74) is -0.216. The van der Waals surface area contributed by atoms with Gasteiger partial charge in [-0.1, -0.05) is 6.42 Å². The van der Waals surface area contributed by atoms with E-state index in [1.807, 2.05) is 18.7 Å². The molecule has 0 aromatic carbocycles. The molecule has 5 heteroatoms. The normalized spacial score (nSPS) is 15.9. The van der Waals surface area contributed by atoms with Crippen molar-refractivity contribution < 1.29 is 9.53 Å². The standard InChI is InChI=1S/C15H27N3O2/c1-15(2,13-16)6-3-4-7-17-8-5-14(19)18-9-11-20-12-10-18/h17H,3-12H2,1-2H3. The van der Waals surface area contributed by atoms with Crippen molar-refractivity contribution in [2.24, 2.45) is 5.41 Å². The number of amides is 1. The highest BCUT2D eigenvalue weighted by Gasteiger charge is 2.16. The Morgan fingerprint density at radius 1 is 1.30 bits per heavy atom. The Morgan fingerprint density at radius 3 is 2.65 bits per heavy atom. The van der Waals surface area contributed by atoms with Crippen LogP contribution in [-0.2, 0) is 9.53 Å². The first-order valence-electron chi connectivity index (χ1n) is 7.53. The Morgan fingerprint density at radius 2 is 2.00 bits per heavy atom. The van der Waals surface area contributed by atoms with Crippen LogP contribution < -0.4 is 5.32 Å². The van der Waals surface area contributed by atoms with E-state index in [-0.39, 0.29) is 11.3 Å². The molecule has 0 aromatic heterocycles. The van der Waals surface area contributed by atoms with Crippen molar-refractivity contribution in [2.75, 3.05) is 39.4 Å². The molecule has 0 bridgehead atoms. The second kappa shape index (κ2) is 8.93. The fourth-order valence-electron chi connectivity index (χ4n) is 2.16. The number of morpholine rings is 1. The number of nitrogens with one attached hydrogen (secondary N) is 1. The molecule has 0 saturated carbocycles. The number of hydrogen-bond donors (Lipinski definition) is 1. The van der Waals surface area contributed by atoms with Gasteiger partial charge in [0.25, 0.3) is 0 Å². The third-order valence-electron chi connectivity index (χ3n) is 3.59. The Labute approximate surface area is 122 Å². The van der Waals surface area contributed by atoms with Gasteiger partial charge in [-0.05, 0) is 33.2 Å². The van der Waals surface area contributed by atoms with E-state index in [4.69, 9.17) is 10.00 Å². The largest absolute Gasteiger partial charge is 0.378 e. The highest BCUT2D eigenvalue weighted by molar-refractivity contribution is 5.76. The molecule has 1 heterocycles. The zero-order valence-corrected chi connectivity index (χ0v) is 12.8. The van der Waals surface area contributed by atoms with Crippen molar-refractivity contribution in [3.05, 3.63) is 0 Å². The second-order valence-electron chi connectivity index (χ2n) is 5.95. The summed E-state index contributed by atoms with van der Waals surface area (Å²) in [6.45, 7) is 8.37. The van der Waals surface area contributed by atoms with Crippen molar-refractivity contribution >= 4 is 5.91 Å². The van der Waals surface area contributed by atoms with Gasteiger partial charge < -0.3 is 15.0 Å². The predicted molar refractivity (Wildman–Crippen MR) is 78.1 cm³/mol. The molecule has 0 atom stereocenters. The lowest BCUT2D eigenvalue weighted by atomic mass is 9.89. The lowest BCUT2D eigenvalue weighted by Gasteiger charge is -2.26. The van der Waals surface area contributed by atoms with Gasteiger partial charge in [-0.2, -0.15) is 5.26 Å². The van der Waals surface area contributed by atoms with Gasteiger partial charge in [-0.15, -0.1) is 0 Å². The molecule has 0 aromatic rings. The fourth-order valence-corrected chi connectivity index (χ4v) is 2.16. The SMILES string of the molecule is CC(C)(C#N)CCCCNCCC(=O)N1CCOCC1. The Kier molecular flexibility index (Phi) is 7.56. The molecule has 1 amide bonds. The van der Waals surface area contributed by atoms with Crippen LogP contribution in [0.3, 0.4) is 0 Å². The molecule has 0 aliphatic carbocycles. The summed E-state index contributed by atoms with van der Waals surface area (Å²) in [6, 6.07) is 2.31. The fraction of sp³-hybridized carbons (Fsp3) is 0.867. The van der Waals surface area contributed by atoms with Crippen molar-refractivity contribution in [1.82, 2.24) is 10.2 Å². The summed E-state index contributed by atoms with van der Waals surface area (Å²) in [5, 5.41) is 12.2. The highest BCUT2D eigenvalue weighted by atomic mass is 16.5. The number of hydrogen-bond acceptors (Lipinski definition) is 4. The maximum atomic E-state index is 11.9. The average molecular weight is 281 g/mol. The van der Waals surface area contributed by atoms with Crippen molar-refractivity contribution in [1.29, 1.82) is 5.26 Å². The first-order valence-corrected chi connectivity index (χ1v) is 7.53. The Hall–Kier alpha value is -1.12. The quantitative estimate of drug-likeness (QED) is 0.686. The predicted octanol–water partition coefficient (Wildman–Crippen LogP) is 1.54. The van der Waals surface area contributed by atoms with Gasteiger partial charge in [0, 0.05) is 26.1 Å². The van der Waals surface area contributed by atoms with Gasteiger partial charge in [0.1, 0.15) is 0 Å². The van der Waals surface area contributed by atoms with E-state index >= 15 is 0 Å². The summed E-state index contributed by atoms with van der Waals surface area (Å²) in [4.78, 5) is 13.7. The number of nitrogens with zero attached hydrogens (tertiary/aromatic N) is 2. The molecule has 1 N–H and O–H groups in total. The molecule has 114 valence electrons. The van der Waals surface area contributed by atoms with E-state index in [2.05, 4.69) is 11.4 Å². The van der Waals surface area contributed by atoms with Crippen LogP contribution in [0.2, 0.25) is 0 Å². The van der Waals surface area contributed by atoms with Crippen LogP contribution in [0.5, 0.6) is 0 Å². The lowest BCUT2D eigenvalue weighted by Crippen LogP contribution is -2.41. The van der Waals surface area contributed by atoms with Gasteiger partial charge in [0.05, 0.1) is 24.7 Å². The molecule has 0 radical (unpaired) electrons. The number of carbonyl (C=O) groups excluding carboxylic acids is 1.